The quantitative estimate of drug-likeness (QED) is 0.405. The third-order valence-electron chi connectivity index (χ3n) is 3.14. The van der Waals surface area contributed by atoms with Gasteiger partial charge in [-0.15, -0.1) is 0 Å². The van der Waals surface area contributed by atoms with Gasteiger partial charge in [0.05, 0.1) is 6.54 Å². The smallest absolute Gasteiger partial charge is 0.191 e. The van der Waals surface area contributed by atoms with Crippen molar-refractivity contribution in [2.24, 2.45) is 4.99 Å². The Labute approximate surface area is 117 Å². The van der Waals surface area contributed by atoms with Gasteiger partial charge in [0, 0.05) is 18.3 Å². The SMILES string of the molecule is CCCCCCNC(=NCC1CCCS1)NCC. The van der Waals surface area contributed by atoms with Gasteiger partial charge in [-0.3, -0.25) is 4.99 Å². The Bertz CT molecular complexity index is 225. The zero-order chi connectivity index (χ0) is 13.1. The topological polar surface area (TPSA) is 36.4 Å². The molecule has 1 rings (SSSR count). The summed E-state index contributed by atoms with van der Waals surface area (Å²) in [5.41, 5.74) is 0. The molecule has 0 aliphatic carbocycles. The molecule has 18 heavy (non-hydrogen) atoms. The lowest BCUT2D eigenvalue weighted by atomic mass is 10.2. The molecular formula is C14H29N3S. The second kappa shape index (κ2) is 10.5. The van der Waals surface area contributed by atoms with Crippen molar-refractivity contribution in [3.05, 3.63) is 0 Å². The molecule has 1 aliphatic heterocycles. The average molecular weight is 271 g/mol. The van der Waals surface area contributed by atoms with Crippen LogP contribution in [0.2, 0.25) is 0 Å². The lowest BCUT2D eigenvalue weighted by Gasteiger charge is -2.12. The van der Waals surface area contributed by atoms with E-state index in [0.29, 0.717) is 0 Å². The van der Waals surface area contributed by atoms with Gasteiger partial charge < -0.3 is 10.6 Å². The Morgan fingerprint density at radius 3 is 2.78 bits per heavy atom. The summed E-state index contributed by atoms with van der Waals surface area (Å²) in [4.78, 5) is 4.69. The van der Waals surface area contributed by atoms with E-state index in [9.17, 15) is 0 Å². The van der Waals surface area contributed by atoms with Crippen molar-refractivity contribution in [2.75, 3.05) is 25.4 Å². The zero-order valence-electron chi connectivity index (χ0n) is 12.0. The summed E-state index contributed by atoms with van der Waals surface area (Å²) in [7, 11) is 0. The maximum atomic E-state index is 4.69. The molecule has 1 unspecified atom stereocenters. The average Bonchev–Trinajstić information content (AvgIpc) is 2.88. The predicted molar refractivity (Wildman–Crippen MR) is 83.6 cm³/mol. The normalized spacial score (nSPS) is 20.1. The van der Waals surface area contributed by atoms with Crippen LogP contribution in [0.15, 0.2) is 4.99 Å². The van der Waals surface area contributed by atoms with Crippen LogP contribution in [0.1, 0.15) is 52.4 Å². The van der Waals surface area contributed by atoms with Gasteiger partial charge in [0.25, 0.3) is 0 Å². The second-order valence-corrected chi connectivity index (χ2v) is 6.25. The third-order valence-corrected chi connectivity index (χ3v) is 4.52. The summed E-state index contributed by atoms with van der Waals surface area (Å²) >= 11 is 2.07. The number of rotatable bonds is 8. The van der Waals surface area contributed by atoms with Gasteiger partial charge in [-0.05, 0) is 31.9 Å². The Morgan fingerprint density at radius 2 is 2.11 bits per heavy atom. The third kappa shape index (κ3) is 7.14. The molecule has 2 N–H and O–H groups in total. The number of thioether (sulfide) groups is 1. The molecule has 1 atom stereocenters. The standard InChI is InChI=1S/C14H29N3S/c1-3-5-6-7-10-16-14(15-4-2)17-12-13-9-8-11-18-13/h13H,3-12H2,1-2H3,(H2,15,16,17). The van der Waals surface area contributed by atoms with Crippen molar-refractivity contribution in [1.82, 2.24) is 10.6 Å². The number of unbranched alkanes of at least 4 members (excludes halogenated alkanes) is 3. The summed E-state index contributed by atoms with van der Waals surface area (Å²) in [6.07, 6.45) is 7.91. The van der Waals surface area contributed by atoms with E-state index in [4.69, 9.17) is 0 Å². The van der Waals surface area contributed by atoms with Crippen LogP contribution in [0.25, 0.3) is 0 Å². The Morgan fingerprint density at radius 1 is 1.22 bits per heavy atom. The molecule has 4 heteroatoms. The molecule has 0 saturated carbocycles. The minimum absolute atomic E-state index is 0.751. The van der Waals surface area contributed by atoms with Crippen molar-refractivity contribution in [2.45, 2.75) is 57.6 Å². The molecule has 1 aliphatic rings. The molecule has 0 radical (unpaired) electrons. The number of aliphatic imine (C=N–C) groups is 1. The van der Waals surface area contributed by atoms with Crippen molar-refractivity contribution in [3.63, 3.8) is 0 Å². The number of guanidine groups is 1. The van der Waals surface area contributed by atoms with Crippen LogP contribution in [-0.2, 0) is 0 Å². The maximum Gasteiger partial charge on any atom is 0.191 e. The van der Waals surface area contributed by atoms with Crippen molar-refractivity contribution < 1.29 is 0 Å². The Kier molecular flexibility index (Phi) is 9.17. The molecule has 3 nitrogen and oxygen atoms in total. The highest BCUT2D eigenvalue weighted by atomic mass is 32.2. The van der Waals surface area contributed by atoms with E-state index in [0.717, 1.165) is 30.8 Å². The van der Waals surface area contributed by atoms with E-state index in [1.165, 1.54) is 44.3 Å². The lowest BCUT2D eigenvalue weighted by molar-refractivity contribution is 0.646. The molecule has 0 aromatic rings. The van der Waals surface area contributed by atoms with E-state index in [1.54, 1.807) is 0 Å². The molecule has 1 saturated heterocycles. The monoisotopic (exact) mass is 271 g/mol. The molecule has 106 valence electrons. The molecule has 0 aromatic carbocycles. The van der Waals surface area contributed by atoms with Crippen LogP contribution in [0.4, 0.5) is 0 Å². The number of nitrogens with zero attached hydrogens (tertiary/aromatic N) is 1. The Balaban J connectivity index is 2.17. The fourth-order valence-corrected chi connectivity index (χ4v) is 3.26. The summed E-state index contributed by atoms with van der Waals surface area (Å²) in [6, 6.07) is 0. The highest BCUT2D eigenvalue weighted by Crippen LogP contribution is 2.25. The van der Waals surface area contributed by atoms with E-state index >= 15 is 0 Å². The molecule has 0 bridgehead atoms. The second-order valence-electron chi connectivity index (χ2n) is 4.84. The van der Waals surface area contributed by atoms with Crippen LogP contribution in [0.5, 0.6) is 0 Å². The van der Waals surface area contributed by atoms with Crippen LogP contribution >= 0.6 is 11.8 Å². The first kappa shape index (κ1) is 15.7. The first-order valence-corrected chi connectivity index (χ1v) is 8.55. The van der Waals surface area contributed by atoms with E-state index in [-0.39, 0.29) is 0 Å². The first-order chi connectivity index (χ1) is 8.86. The molecule has 0 amide bonds. The van der Waals surface area contributed by atoms with E-state index in [1.807, 2.05) is 0 Å². The fourth-order valence-electron chi connectivity index (χ4n) is 2.08. The van der Waals surface area contributed by atoms with Gasteiger partial charge in [0.1, 0.15) is 0 Å². The Hall–Kier alpha value is -0.380. The van der Waals surface area contributed by atoms with Gasteiger partial charge >= 0.3 is 0 Å². The largest absolute Gasteiger partial charge is 0.357 e. The fraction of sp³-hybridized carbons (Fsp3) is 0.929. The van der Waals surface area contributed by atoms with Crippen molar-refractivity contribution in [1.29, 1.82) is 0 Å². The summed E-state index contributed by atoms with van der Waals surface area (Å²) in [5.74, 6) is 2.32. The lowest BCUT2D eigenvalue weighted by Crippen LogP contribution is -2.38. The van der Waals surface area contributed by atoms with Crippen LogP contribution in [0.3, 0.4) is 0 Å². The van der Waals surface area contributed by atoms with Gasteiger partial charge in [-0.1, -0.05) is 26.2 Å². The minimum Gasteiger partial charge on any atom is -0.357 e. The van der Waals surface area contributed by atoms with Gasteiger partial charge in [-0.25, -0.2) is 0 Å². The molecule has 1 fully saturated rings. The van der Waals surface area contributed by atoms with Gasteiger partial charge in [0.15, 0.2) is 5.96 Å². The number of nitrogens with one attached hydrogen (secondary N) is 2. The van der Waals surface area contributed by atoms with E-state index < -0.39 is 0 Å². The van der Waals surface area contributed by atoms with Crippen LogP contribution in [0, 0.1) is 0 Å². The zero-order valence-corrected chi connectivity index (χ0v) is 12.8. The molecular weight excluding hydrogens is 242 g/mol. The highest BCUT2D eigenvalue weighted by Gasteiger charge is 2.14. The first-order valence-electron chi connectivity index (χ1n) is 7.50. The highest BCUT2D eigenvalue weighted by molar-refractivity contribution is 8.00. The molecule has 0 aromatic heterocycles. The molecule has 0 spiro atoms. The van der Waals surface area contributed by atoms with Crippen LogP contribution in [-0.4, -0.2) is 36.6 Å². The number of hydrogen-bond acceptors (Lipinski definition) is 2. The summed E-state index contributed by atoms with van der Waals surface area (Å²) in [6.45, 7) is 7.33. The minimum atomic E-state index is 0.751. The van der Waals surface area contributed by atoms with Gasteiger partial charge in [0.2, 0.25) is 0 Å². The predicted octanol–water partition coefficient (Wildman–Crippen LogP) is 3.02. The maximum absolute atomic E-state index is 4.69. The van der Waals surface area contributed by atoms with Crippen LogP contribution < -0.4 is 10.6 Å². The summed E-state index contributed by atoms with van der Waals surface area (Å²) in [5, 5.41) is 7.51. The van der Waals surface area contributed by atoms with Crippen molar-refractivity contribution >= 4 is 17.7 Å². The molecule has 1 heterocycles. The van der Waals surface area contributed by atoms with Crippen molar-refractivity contribution in [3.8, 4) is 0 Å². The number of hydrogen-bond donors (Lipinski definition) is 2. The summed E-state index contributed by atoms with van der Waals surface area (Å²) < 4.78 is 0. The van der Waals surface area contributed by atoms with Gasteiger partial charge in [-0.2, -0.15) is 11.8 Å². The van der Waals surface area contributed by atoms with E-state index in [2.05, 4.69) is 41.2 Å².